The van der Waals surface area contributed by atoms with Gasteiger partial charge in [0.25, 0.3) is 0 Å². The van der Waals surface area contributed by atoms with E-state index in [4.69, 9.17) is 4.74 Å². The van der Waals surface area contributed by atoms with Gasteiger partial charge >= 0.3 is 0 Å². The van der Waals surface area contributed by atoms with E-state index in [2.05, 4.69) is 19.2 Å². The van der Waals surface area contributed by atoms with Crippen LogP contribution in [0.15, 0.2) is 0 Å². The first-order chi connectivity index (χ1) is 9.20. The first-order valence-electron chi connectivity index (χ1n) is 7.76. The summed E-state index contributed by atoms with van der Waals surface area (Å²) in [7, 11) is 0. The smallest absolute Gasteiger partial charge is 0.223 e. The van der Waals surface area contributed by atoms with E-state index in [0.29, 0.717) is 18.2 Å². The van der Waals surface area contributed by atoms with E-state index in [0.717, 1.165) is 45.8 Å². The summed E-state index contributed by atoms with van der Waals surface area (Å²) in [5.74, 6) is 1.00. The third-order valence-corrected chi connectivity index (χ3v) is 3.49. The zero-order chi connectivity index (χ0) is 13.9. The fourth-order valence-electron chi connectivity index (χ4n) is 2.19. The first-order valence-corrected chi connectivity index (χ1v) is 7.76. The molecule has 0 aliphatic carbocycles. The summed E-state index contributed by atoms with van der Waals surface area (Å²) >= 11 is 0. The second-order valence-electron chi connectivity index (χ2n) is 5.74. The van der Waals surface area contributed by atoms with Crippen molar-refractivity contribution in [3.8, 4) is 0 Å². The highest BCUT2D eigenvalue weighted by Crippen LogP contribution is 2.09. The maximum atomic E-state index is 11.9. The van der Waals surface area contributed by atoms with Gasteiger partial charge in [0.1, 0.15) is 0 Å². The molecule has 0 spiro atoms. The van der Waals surface area contributed by atoms with Gasteiger partial charge in [-0.3, -0.25) is 4.79 Å². The lowest BCUT2D eigenvalue weighted by molar-refractivity contribution is -0.131. The second kappa shape index (κ2) is 10.2. The molecule has 0 saturated carbocycles. The molecule has 1 aliphatic heterocycles. The van der Waals surface area contributed by atoms with Crippen molar-refractivity contribution in [3.63, 3.8) is 0 Å². The summed E-state index contributed by atoms with van der Waals surface area (Å²) in [5.41, 5.74) is 0. The number of rotatable bonds is 9. The van der Waals surface area contributed by atoms with Crippen LogP contribution in [0, 0.1) is 5.92 Å². The molecule has 1 N–H and O–H groups in total. The third-order valence-electron chi connectivity index (χ3n) is 3.49. The van der Waals surface area contributed by atoms with Crippen LogP contribution in [-0.2, 0) is 9.53 Å². The van der Waals surface area contributed by atoms with Crippen molar-refractivity contribution in [2.45, 2.75) is 46.0 Å². The van der Waals surface area contributed by atoms with Crippen LogP contribution in [0.25, 0.3) is 0 Å². The van der Waals surface area contributed by atoms with E-state index in [1.807, 2.05) is 4.90 Å². The van der Waals surface area contributed by atoms with Crippen molar-refractivity contribution >= 4 is 5.91 Å². The van der Waals surface area contributed by atoms with Crippen LogP contribution < -0.4 is 5.32 Å². The van der Waals surface area contributed by atoms with Gasteiger partial charge in [0.2, 0.25) is 5.91 Å². The second-order valence-corrected chi connectivity index (χ2v) is 5.74. The summed E-state index contributed by atoms with van der Waals surface area (Å²) in [6, 6.07) is 0. The minimum Gasteiger partial charge on any atom is -0.380 e. The van der Waals surface area contributed by atoms with Gasteiger partial charge in [0.15, 0.2) is 0 Å². The van der Waals surface area contributed by atoms with Gasteiger partial charge < -0.3 is 15.0 Å². The van der Waals surface area contributed by atoms with Crippen LogP contribution in [0.2, 0.25) is 0 Å². The lowest BCUT2D eigenvalue weighted by Crippen LogP contribution is -2.37. The van der Waals surface area contributed by atoms with Crippen molar-refractivity contribution < 1.29 is 9.53 Å². The molecule has 0 atom stereocenters. The molecule has 1 heterocycles. The Kier molecular flexibility index (Phi) is 8.84. The molecule has 1 aliphatic rings. The standard InChI is InChI=1S/C15H30N2O2/c1-14(2)7-12-19-13-9-16-8-6-15(18)17-10-4-3-5-11-17/h14,16H,3-13H2,1-2H3. The lowest BCUT2D eigenvalue weighted by atomic mass is 10.1. The Labute approximate surface area is 117 Å². The van der Waals surface area contributed by atoms with Crippen molar-refractivity contribution in [2.75, 3.05) is 39.4 Å². The summed E-state index contributed by atoms with van der Waals surface area (Å²) < 4.78 is 5.51. The van der Waals surface area contributed by atoms with Crippen LogP contribution >= 0.6 is 0 Å². The summed E-state index contributed by atoms with van der Waals surface area (Å²) in [5, 5.41) is 3.27. The van der Waals surface area contributed by atoms with Gasteiger partial charge in [-0.05, 0) is 31.6 Å². The molecule has 4 heteroatoms. The number of hydrogen-bond donors (Lipinski definition) is 1. The van der Waals surface area contributed by atoms with Crippen molar-refractivity contribution in [1.29, 1.82) is 0 Å². The maximum absolute atomic E-state index is 11.9. The maximum Gasteiger partial charge on any atom is 0.223 e. The van der Waals surface area contributed by atoms with Crippen LogP contribution in [-0.4, -0.2) is 50.2 Å². The van der Waals surface area contributed by atoms with Crippen molar-refractivity contribution in [2.24, 2.45) is 5.92 Å². The molecule has 0 radical (unpaired) electrons. The van der Waals surface area contributed by atoms with Crippen molar-refractivity contribution in [3.05, 3.63) is 0 Å². The molecular formula is C15H30N2O2. The molecule has 1 fully saturated rings. The third kappa shape index (κ3) is 8.22. The normalized spacial score (nSPS) is 16.1. The number of carbonyl (C=O) groups is 1. The molecule has 1 saturated heterocycles. The van der Waals surface area contributed by atoms with Gasteiger partial charge in [-0.2, -0.15) is 0 Å². The summed E-state index contributed by atoms with van der Waals surface area (Å²) in [6.07, 6.45) is 5.35. The molecule has 0 aromatic rings. The average molecular weight is 270 g/mol. The predicted octanol–water partition coefficient (Wildman–Crippen LogP) is 2.04. The Morgan fingerprint density at radius 3 is 2.58 bits per heavy atom. The highest BCUT2D eigenvalue weighted by atomic mass is 16.5. The number of amides is 1. The Morgan fingerprint density at radius 1 is 1.16 bits per heavy atom. The van der Waals surface area contributed by atoms with E-state index in [9.17, 15) is 4.79 Å². The Morgan fingerprint density at radius 2 is 1.89 bits per heavy atom. The van der Waals surface area contributed by atoms with Crippen LogP contribution in [0.4, 0.5) is 0 Å². The zero-order valence-electron chi connectivity index (χ0n) is 12.6. The zero-order valence-corrected chi connectivity index (χ0v) is 12.6. The molecule has 0 aromatic heterocycles. The van der Waals surface area contributed by atoms with E-state index in [1.54, 1.807) is 0 Å². The minimum atomic E-state index is 0.299. The largest absolute Gasteiger partial charge is 0.380 e. The number of piperidine rings is 1. The van der Waals surface area contributed by atoms with Crippen LogP contribution in [0.3, 0.4) is 0 Å². The molecule has 0 aromatic carbocycles. The van der Waals surface area contributed by atoms with Gasteiger partial charge in [-0.15, -0.1) is 0 Å². The Balaban J connectivity index is 1.88. The van der Waals surface area contributed by atoms with Crippen molar-refractivity contribution in [1.82, 2.24) is 10.2 Å². The molecule has 19 heavy (non-hydrogen) atoms. The fourth-order valence-corrected chi connectivity index (χ4v) is 2.19. The Hall–Kier alpha value is -0.610. The van der Waals surface area contributed by atoms with Gasteiger partial charge in [0.05, 0.1) is 6.61 Å². The summed E-state index contributed by atoms with van der Waals surface area (Å²) in [6.45, 7) is 9.50. The topological polar surface area (TPSA) is 41.6 Å². The quantitative estimate of drug-likeness (QED) is 0.652. The molecule has 1 rings (SSSR count). The first kappa shape index (κ1) is 16.4. The number of nitrogens with one attached hydrogen (secondary N) is 1. The van der Waals surface area contributed by atoms with E-state index in [-0.39, 0.29) is 0 Å². The summed E-state index contributed by atoms with van der Waals surface area (Å²) in [4.78, 5) is 13.9. The molecule has 1 amide bonds. The molecule has 112 valence electrons. The minimum absolute atomic E-state index is 0.299. The van der Waals surface area contributed by atoms with Crippen LogP contribution in [0.1, 0.15) is 46.0 Å². The van der Waals surface area contributed by atoms with E-state index >= 15 is 0 Å². The highest BCUT2D eigenvalue weighted by molar-refractivity contribution is 5.76. The average Bonchev–Trinajstić information content (AvgIpc) is 2.42. The SMILES string of the molecule is CC(C)CCOCCNCCC(=O)N1CCCCC1. The van der Waals surface area contributed by atoms with Gasteiger partial charge in [0, 0.05) is 39.2 Å². The number of ether oxygens (including phenoxy) is 1. The number of carbonyl (C=O) groups excluding carboxylic acids is 1. The lowest BCUT2D eigenvalue weighted by Gasteiger charge is -2.26. The monoisotopic (exact) mass is 270 g/mol. The Bertz CT molecular complexity index is 238. The van der Waals surface area contributed by atoms with Gasteiger partial charge in [-0.25, -0.2) is 0 Å². The van der Waals surface area contributed by atoms with E-state index in [1.165, 1.54) is 19.3 Å². The number of nitrogens with zero attached hydrogens (tertiary/aromatic N) is 1. The number of hydrogen-bond acceptors (Lipinski definition) is 3. The molecular weight excluding hydrogens is 240 g/mol. The fraction of sp³-hybridized carbons (Fsp3) is 0.933. The van der Waals surface area contributed by atoms with E-state index < -0.39 is 0 Å². The van der Waals surface area contributed by atoms with Gasteiger partial charge in [-0.1, -0.05) is 13.8 Å². The molecule has 0 unspecified atom stereocenters. The number of likely N-dealkylation sites (tertiary alicyclic amines) is 1. The molecule has 0 bridgehead atoms. The highest BCUT2D eigenvalue weighted by Gasteiger charge is 2.15. The predicted molar refractivity (Wildman–Crippen MR) is 78.2 cm³/mol. The van der Waals surface area contributed by atoms with Crippen LogP contribution in [0.5, 0.6) is 0 Å². The molecule has 4 nitrogen and oxygen atoms in total.